The number of nitriles is 1. The maximum Gasteiger partial charge on any atom is 0.273 e. The molecule has 1 amide bonds. The van der Waals surface area contributed by atoms with Crippen molar-refractivity contribution in [2.75, 3.05) is 12.4 Å². The molecule has 0 unspecified atom stereocenters. The van der Waals surface area contributed by atoms with Gasteiger partial charge in [0.15, 0.2) is 5.57 Å². The maximum atomic E-state index is 13.5. The van der Waals surface area contributed by atoms with Gasteiger partial charge in [0, 0.05) is 5.69 Å². The number of ether oxygens (including phenoxy) is 1. The van der Waals surface area contributed by atoms with Crippen molar-refractivity contribution in [2.24, 2.45) is 0 Å². The number of nitrogens with one attached hydrogen (secondary N) is 1. The zero-order chi connectivity index (χ0) is 24.9. The number of aromatic nitrogens is 1. The van der Waals surface area contributed by atoms with E-state index in [0.29, 0.717) is 21.7 Å². The minimum absolute atomic E-state index is 0.139. The minimum Gasteiger partial charge on any atom is -0.497 e. The SMILES string of the molecule is COc1cccc(/C=c2/s/c(=C(/C#N)C(=O)Nc3cc(C)cc(C)c3)n(-c3ccccc3)c2=O)c1. The number of aryl methyl sites for hydroxylation is 2. The Hall–Kier alpha value is -4.41. The van der Waals surface area contributed by atoms with Crippen LogP contribution in [0.4, 0.5) is 5.69 Å². The van der Waals surface area contributed by atoms with Crippen LogP contribution in [0.15, 0.2) is 77.6 Å². The topological polar surface area (TPSA) is 84.1 Å². The summed E-state index contributed by atoms with van der Waals surface area (Å²) in [4.78, 5) is 26.7. The molecule has 174 valence electrons. The Bertz CT molecular complexity index is 1610. The highest BCUT2D eigenvalue weighted by Gasteiger charge is 2.17. The Morgan fingerprint density at radius 1 is 1.03 bits per heavy atom. The van der Waals surface area contributed by atoms with E-state index in [1.807, 2.05) is 68.4 Å². The second-order valence-corrected chi connectivity index (χ2v) is 9.02. The summed E-state index contributed by atoms with van der Waals surface area (Å²) < 4.78 is 7.35. The van der Waals surface area contributed by atoms with Gasteiger partial charge < -0.3 is 10.1 Å². The molecule has 35 heavy (non-hydrogen) atoms. The predicted molar refractivity (Wildman–Crippen MR) is 139 cm³/mol. The van der Waals surface area contributed by atoms with E-state index in [1.54, 1.807) is 37.5 Å². The van der Waals surface area contributed by atoms with Gasteiger partial charge in [0.2, 0.25) is 0 Å². The van der Waals surface area contributed by atoms with Crippen molar-refractivity contribution in [1.29, 1.82) is 5.26 Å². The molecule has 7 heteroatoms. The Morgan fingerprint density at radius 3 is 2.40 bits per heavy atom. The van der Waals surface area contributed by atoms with Gasteiger partial charge in [-0.05, 0) is 73.0 Å². The number of carbonyl (C=O) groups is 1. The molecule has 0 atom stereocenters. The molecule has 0 fully saturated rings. The lowest BCUT2D eigenvalue weighted by atomic mass is 10.1. The quantitative estimate of drug-likeness (QED) is 0.472. The average molecular weight is 482 g/mol. The van der Waals surface area contributed by atoms with Gasteiger partial charge in [-0.25, -0.2) is 0 Å². The van der Waals surface area contributed by atoms with Crippen LogP contribution in [-0.4, -0.2) is 17.6 Å². The molecule has 1 heterocycles. The Kier molecular flexibility index (Phi) is 6.95. The van der Waals surface area contributed by atoms with Gasteiger partial charge in [-0.3, -0.25) is 14.2 Å². The highest BCUT2D eigenvalue weighted by molar-refractivity contribution is 7.07. The average Bonchev–Trinajstić information content (AvgIpc) is 3.14. The number of rotatable bonds is 5. The molecule has 4 aromatic rings. The maximum absolute atomic E-state index is 13.5. The molecule has 1 N–H and O–H groups in total. The molecule has 0 radical (unpaired) electrons. The number of hydrogen-bond acceptors (Lipinski definition) is 5. The summed E-state index contributed by atoms with van der Waals surface area (Å²) in [5.74, 6) is 0.0902. The molecule has 0 bridgehead atoms. The normalized spacial score (nSPS) is 12.1. The summed E-state index contributed by atoms with van der Waals surface area (Å²) >= 11 is 1.10. The van der Waals surface area contributed by atoms with Gasteiger partial charge in [-0.15, -0.1) is 11.3 Å². The standard InChI is InChI=1S/C28H23N3O3S/c1-18-12-19(2)14-21(13-18)30-26(32)24(17-29)28-31(22-9-5-4-6-10-22)27(33)25(35-28)16-20-8-7-11-23(15-20)34-3/h4-16H,1-3H3,(H,30,32)/b25-16+,28-24-. The molecule has 0 aliphatic heterocycles. The lowest BCUT2D eigenvalue weighted by Crippen LogP contribution is -2.32. The van der Waals surface area contributed by atoms with Gasteiger partial charge in [0.1, 0.15) is 16.5 Å². The van der Waals surface area contributed by atoms with E-state index in [4.69, 9.17) is 4.74 Å². The van der Waals surface area contributed by atoms with Crippen molar-refractivity contribution >= 4 is 34.6 Å². The first-order valence-corrected chi connectivity index (χ1v) is 11.7. The van der Waals surface area contributed by atoms with E-state index in [9.17, 15) is 14.9 Å². The van der Waals surface area contributed by atoms with Crippen LogP contribution in [0.1, 0.15) is 16.7 Å². The van der Waals surface area contributed by atoms with Crippen molar-refractivity contribution in [3.63, 3.8) is 0 Å². The number of thiazole rings is 1. The lowest BCUT2D eigenvalue weighted by molar-refractivity contribution is -0.111. The molecule has 6 nitrogen and oxygen atoms in total. The Balaban J connectivity index is 1.94. The van der Waals surface area contributed by atoms with Crippen LogP contribution in [0.5, 0.6) is 5.75 Å². The predicted octanol–water partition coefficient (Wildman–Crippen LogP) is 3.67. The fraction of sp³-hybridized carbons (Fsp3) is 0.107. The summed E-state index contributed by atoms with van der Waals surface area (Å²) in [5.41, 5.74) is 3.46. The number of nitrogens with zero attached hydrogens (tertiary/aromatic N) is 2. The van der Waals surface area contributed by atoms with Crippen LogP contribution < -0.4 is 24.8 Å². The second kappa shape index (κ2) is 10.2. The molecular weight excluding hydrogens is 458 g/mol. The third-order valence-electron chi connectivity index (χ3n) is 5.26. The van der Waals surface area contributed by atoms with Gasteiger partial charge in [-0.2, -0.15) is 5.26 Å². The number of para-hydroxylation sites is 1. The van der Waals surface area contributed by atoms with Crippen molar-refractivity contribution in [1.82, 2.24) is 4.57 Å². The first-order valence-electron chi connectivity index (χ1n) is 10.9. The molecule has 0 aliphatic rings. The summed E-state index contributed by atoms with van der Waals surface area (Å²) in [6.07, 6.45) is 1.73. The fourth-order valence-corrected chi connectivity index (χ4v) is 4.88. The van der Waals surface area contributed by atoms with Crippen LogP contribution >= 0.6 is 11.3 Å². The number of anilines is 1. The van der Waals surface area contributed by atoms with Crippen LogP contribution in [0, 0.1) is 25.2 Å². The zero-order valence-corrected chi connectivity index (χ0v) is 20.3. The van der Waals surface area contributed by atoms with E-state index in [0.717, 1.165) is 28.0 Å². The monoisotopic (exact) mass is 481 g/mol. The number of carbonyl (C=O) groups excluding carboxylic acids is 1. The lowest BCUT2D eigenvalue weighted by Gasteiger charge is -2.07. The van der Waals surface area contributed by atoms with E-state index in [2.05, 4.69) is 5.32 Å². The smallest absolute Gasteiger partial charge is 0.273 e. The van der Waals surface area contributed by atoms with Crippen molar-refractivity contribution in [3.8, 4) is 17.5 Å². The summed E-state index contributed by atoms with van der Waals surface area (Å²) in [5, 5.41) is 12.8. The first-order chi connectivity index (χ1) is 16.9. The van der Waals surface area contributed by atoms with E-state index in [1.165, 1.54) is 4.57 Å². The number of amides is 1. The van der Waals surface area contributed by atoms with E-state index >= 15 is 0 Å². The fourth-order valence-electron chi connectivity index (χ4n) is 3.78. The molecule has 0 saturated heterocycles. The van der Waals surface area contributed by atoms with Crippen molar-refractivity contribution in [2.45, 2.75) is 13.8 Å². The Morgan fingerprint density at radius 2 is 1.74 bits per heavy atom. The molecule has 0 saturated carbocycles. The summed E-state index contributed by atoms with van der Waals surface area (Å²) in [6.45, 7) is 3.87. The third kappa shape index (κ3) is 5.24. The van der Waals surface area contributed by atoms with Crippen LogP contribution in [0.3, 0.4) is 0 Å². The molecular formula is C28H23N3O3S. The first kappa shape index (κ1) is 23.7. The molecule has 0 aliphatic carbocycles. The summed E-state index contributed by atoms with van der Waals surface area (Å²) in [7, 11) is 1.58. The van der Waals surface area contributed by atoms with Gasteiger partial charge in [0.25, 0.3) is 11.5 Å². The van der Waals surface area contributed by atoms with E-state index < -0.39 is 5.91 Å². The van der Waals surface area contributed by atoms with Gasteiger partial charge in [0.05, 0.1) is 17.3 Å². The molecule has 0 spiro atoms. The van der Waals surface area contributed by atoms with Crippen molar-refractivity contribution < 1.29 is 9.53 Å². The molecule has 1 aromatic heterocycles. The summed E-state index contributed by atoms with van der Waals surface area (Å²) in [6, 6.07) is 24.0. The molecule has 4 rings (SSSR count). The highest BCUT2D eigenvalue weighted by atomic mass is 32.1. The second-order valence-electron chi connectivity index (χ2n) is 7.99. The number of benzene rings is 3. The largest absolute Gasteiger partial charge is 0.497 e. The van der Waals surface area contributed by atoms with E-state index in [-0.39, 0.29) is 15.8 Å². The van der Waals surface area contributed by atoms with Crippen molar-refractivity contribution in [3.05, 3.63) is 109 Å². The van der Waals surface area contributed by atoms with Crippen LogP contribution in [-0.2, 0) is 4.79 Å². The zero-order valence-electron chi connectivity index (χ0n) is 19.5. The van der Waals surface area contributed by atoms with Gasteiger partial charge >= 0.3 is 0 Å². The molecule has 3 aromatic carbocycles. The van der Waals surface area contributed by atoms with Gasteiger partial charge in [-0.1, -0.05) is 36.4 Å². The Labute approximate surface area is 206 Å². The number of hydrogen-bond donors (Lipinski definition) is 1. The van der Waals surface area contributed by atoms with Crippen LogP contribution in [0.25, 0.3) is 17.3 Å². The minimum atomic E-state index is -0.573. The third-order valence-corrected chi connectivity index (χ3v) is 6.35. The van der Waals surface area contributed by atoms with Crippen LogP contribution in [0.2, 0.25) is 0 Å². The number of methoxy groups -OCH3 is 1. The highest BCUT2D eigenvalue weighted by Crippen LogP contribution is 2.15.